The van der Waals surface area contributed by atoms with Crippen molar-refractivity contribution in [3.05, 3.63) is 0 Å². The molecule has 0 aromatic carbocycles. The van der Waals surface area contributed by atoms with Crippen LogP contribution in [-0.4, -0.2) is 24.1 Å². The first-order valence-corrected chi connectivity index (χ1v) is 8.35. The van der Waals surface area contributed by atoms with Crippen LogP contribution in [0.25, 0.3) is 0 Å². The maximum Gasteiger partial charge on any atom is 0.267 e. The van der Waals surface area contributed by atoms with Gasteiger partial charge in [-0.3, -0.25) is 4.57 Å². The van der Waals surface area contributed by atoms with Crippen molar-refractivity contribution in [2.45, 2.75) is 13.8 Å². The lowest BCUT2D eigenvalue weighted by atomic mass is 10.9. The van der Waals surface area contributed by atoms with Crippen molar-refractivity contribution < 1.29 is 9.09 Å². The molecule has 68 valence electrons. The second-order valence-corrected chi connectivity index (χ2v) is 8.23. The van der Waals surface area contributed by atoms with Gasteiger partial charge in [-0.05, 0) is 18.9 Å². The van der Waals surface area contributed by atoms with E-state index in [1.165, 1.54) is 11.4 Å². The molecule has 1 unspecified atom stereocenters. The molecule has 2 nitrogen and oxygen atoms in total. The quantitative estimate of drug-likeness (QED) is 0.634. The zero-order chi connectivity index (χ0) is 8.74. The van der Waals surface area contributed by atoms with Crippen molar-refractivity contribution in [1.29, 1.82) is 0 Å². The van der Waals surface area contributed by atoms with Gasteiger partial charge in [-0.1, -0.05) is 18.3 Å². The zero-order valence-corrected chi connectivity index (χ0v) is 9.73. The second-order valence-electron chi connectivity index (χ2n) is 1.86. The summed E-state index contributed by atoms with van der Waals surface area (Å²) < 4.78 is 16.9. The Hall–Kier alpha value is 0.890. The van der Waals surface area contributed by atoms with Crippen LogP contribution in [0.2, 0.25) is 0 Å². The Bertz CT molecular complexity index is 117. The Labute approximate surface area is 77.0 Å². The van der Waals surface area contributed by atoms with Crippen LogP contribution < -0.4 is 0 Å². The summed E-state index contributed by atoms with van der Waals surface area (Å²) in [6.45, 7) is 2.08. The van der Waals surface area contributed by atoms with Gasteiger partial charge in [0.1, 0.15) is 0 Å². The molecule has 0 aliphatic rings. The molecule has 0 aliphatic carbocycles. The van der Waals surface area contributed by atoms with Gasteiger partial charge >= 0.3 is 0 Å². The zero-order valence-electron chi connectivity index (χ0n) is 7.20. The molecule has 0 spiro atoms. The molecule has 0 rings (SSSR count). The van der Waals surface area contributed by atoms with Gasteiger partial charge in [0.15, 0.2) is 0 Å². The minimum absolute atomic E-state index is 0.546. The van der Waals surface area contributed by atoms with Crippen molar-refractivity contribution in [2.24, 2.45) is 0 Å². The van der Waals surface area contributed by atoms with Crippen LogP contribution in [0.15, 0.2) is 0 Å². The summed E-state index contributed by atoms with van der Waals surface area (Å²) in [6, 6.07) is 0. The molecular formula is C6H15O2PS2. The summed E-state index contributed by atoms with van der Waals surface area (Å²) in [5.41, 5.74) is 0.624. The molecule has 0 radical (unpaired) electrons. The van der Waals surface area contributed by atoms with Crippen molar-refractivity contribution in [3.63, 3.8) is 0 Å². The third-order valence-corrected chi connectivity index (χ3v) is 7.76. The molecule has 0 bridgehead atoms. The van der Waals surface area contributed by atoms with E-state index in [4.69, 9.17) is 4.52 Å². The molecule has 0 saturated heterocycles. The number of hydrogen-bond acceptors (Lipinski definition) is 4. The highest BCUT2D eigenvalue weighted by atomic mass is 32.7. The average Bonchev–Trinajstić information content (AvgIpc) is 1.88. The summed E-state index contributed by atoms with van der Waals surface area (Å²) in [4.78, 5) is 0. The Kier molecular flexibility index (Phi) is 6.93. The Balaban J connectivity index is 3.91. The second kappa shape index (κ2) is 6.41. The van der Waals surface area contributed by atoms with Crippen LogP contribution in [0.4, 0.5) is 0 Å². The van der Waals surface area contributed by atoms with E-state index in [-0.39, 0.29) is 0 Å². The molecule has 1 atom stereocenters. The summed E-state index contributed by atoms with van der Waals surface area (Å²) >= 11 is 3.02. The molecule has 5 heteroatoms. The SMILES string of the molecule is CCOP(=O)(CSC)SCC. The van der Waals surface area contributed by atoms with Crippen molar-refractivity contribution in [2.75, 3.05) is 24.1 Å². The monoisotopic (exact) mass is 214 g/mol. The largest absolute Gasteiger partial charge is 0.321 e. The van der Waals surface area contributed by atoms with Gasteiger partial charge in [0, 0.05) is 0 Å². The highest BCUT2D eigenvalue weighted by molar-refractivity contribution is 8.58. The molecule has 11 heavy (non-hydrogen) atoms. The molecule has 0 heterocycles. The van der Waals surface area contributed by atoms with Crippen LogP contribution in [0.1, 0.15) is 13.8 Å². The van der Waals surface area contributed by atoms with E-state index in [1.54, 1.807) is 11.8 Å². The van der Waals surface area contributed by atoms with Crippen LogP contribution in [0.5, 0.6) is 0 Å². The lowest BCUT2D eigenvalue weighted by molar-refractivity contribution is 0.349. The topological polar surface area (TPSA) is 26.3 Å². The molecular weight excluding hydrogens is 199 g/mol. The first-order chi connectivity index (χ1) is 5.18. The van der Waals surface area contributed by atoms with E-state index in [9.17, 15) is 4.57 Å². The third-order valence-electron chi connectivity index (χ3n) is 0.939. The molecule has 0 amide bonds. The molecule has 0 N–H and O–H groups in total. The van der Waals surface area contributed by atoms with Gasteiger partial charge in [-0.2, -0.15) is 11.8 Å². The first kappa shape index (κ1) is 11.9. The van der Waals surface area contributed by atoms with E-state index >= 15 is 0 Å². The van der Waals surface area contributed by atoms with Gasteiger partial charge in [0.2, 0.25) is 0 Å². The van der Waals surface area contributed by atoms with Crippen LogP contribution in [0, 0.1) is 0 Å². The molecule has 0 fully saturated rings. The normalized spacial score (nSPS) is 16.3. The van der Waals surface area contributed by atoms with E-state index in [0.717, 1.165) is 5.75 Å². The van der Waals surface area contributed by atoms with Crippen LogP contribution >= 0.6 is 29.7 Å². The summed E-state index contributed by atoms with van der Waals surface area (Å²) in [5.74, 6) is 0.859. The minimum atomic E-state index is -2.34. The fourth-order valence-electron chi connectivity index (χ4n) is 0.663. The van der Waals surface area contributed by atoms with Gasteiger partial charge in [0.05, 0.1) is 12.1 Å². The fourth-order valence-corrected chi connectivity index (χ4v) is 6.73. The number of hydrogen-bond donors (Lipinski definition) is 0. The fraction of sp³-hybridized carbons (Fsp3) is 1.00. The Morgan fingerprint density at radius 2 is 2.09 bits per heavy atom. The maximum absolute atomic E-state index is 11.7. The summed E-state index contributed by atoms with van der Waals surface area (Å²) in [6.07, 6.45) is 1.95. The van der Waals surface area contributed by atoms with Crippen LogP contribution in [0.3, 0.4) is 0 Å². The third kappa shape index (κ3) is 5.18. The van der Waals surface area contributed by atoms with E-state index < -0.39 is 6.57 Å². The highest BCUT2D eigenvalue weighted by Crippen LogP contribution is 2.60. The Morgan fingerprint density at radius 3 is 2.45 bits per heavy atom. The average molecular weight is 214 g/mol. The molecule has 0 saturated carbocycles. The molecule has 0 aromatic rings. The Morgan fingerprint density at radius 1 is 1.45 bits per heavy atom. The standard InChI is InChI=1S/C6H15O2PS2/c1-4-8-9(7,6-10-3)11-5-2/h4-6H2,1-3H3. The predicted octanol–water partition coefficient (Wildman–Crippen LogP) is 3.29. The van der Waals surface area contributed by atoms with Gasteiger partial charge in [-0.25, -0.2) is 0 Å². The van der Waals surface area contributed by atoms with E-state index in [0.29, 0.717) is 12.1 Å². The van der Waals surface area contributed by atoms with Crippen molar-refractivity contribution in [1.82, 2.24) is 0 Å². The van der Waals surface area contributed by atoms with Gasteiger partial charge in [0.25, 0.3) is 6.57 Å². The van der Waals surface area contributed by atoms with E-state index in [2.05, 4.69) is 0 Å². The lowest BCUT2D eigenvalue weighted by Crippen LogP contribution is -1.89. The van der Waals surface area contributed by atoms with Crippen molar-refractivity contribution in [3.8, 4) is 0 Å². The minimum Gasteiger partial charge on any atom is -0.321 e. The maximum atomic E-state index is 11.7. The van der Waals surface area contributed by atoms with Gasteiger partial charge in [-0.15, -0.1) is 0 Å². The summed E-state index contributed by atoms with van der Waals surface area (Å²) in [7, 11) is 0. The molecule has 0 aromatic heterocycles. The van der Waals surface area contributed by atoms with Gasteiger partial charge < -0.3 is 4.52 Å². The summed E-state index contributed by atoms with van der Waals surface area (Å²) in [5, 5.41) is 0. The van der Waals surface area contributed by atoms with E-state index in [1.807, 2.05) is 20.1 Å². The highest BCUT2D eigenvalue weighted by Gasteiger charge is 2.21. The molecule has 0 aliphatic heterocycles. The lowest BCUT2D eigenvalue weighted by Gasteiger charge is -2.14. The van der Waals surface area contributed by atoms with Crippen LogP contribution in [-0.2, 0) is 9.09 Å². The smallest absolute Gasteiger partial charge is 0.267 e. The number of rotatable bonds is 6. The first-order valence-electron chi connectivity index (χ1n) is 3.55. The van der Waals surface area contributed by atoms with Crippen molar-refractivity contribution >= 4 is 29.7 Å². The predicted molar refractivity (Wildman–Crippen MR) is 55.7 cm³/mol. The number of thioether (sulfide) groups is 1.